The summed E-state index contributed by atoms with van der Waals surface area (Å²) in [4.78, 5) is 0. The minimum atomic E-state index is -4.35. The van der Waals surface area contributed by atoms with Gasteiger partial charge in [-0.3, -0.25) is 0 Å². The Morgan fingerprint density at radius 2 is 1.10 bits per heavy atom. The number of hydrogen-bond donors (Lipinski definition) is 0. The Morgan fingerprint density at radius 3 is 1.52 bits per heavy atom. The zero-order chi connectivity index (χ0) is 15.3. The van der Waals surface area contributed by atoms with Crippen LogP contribution in [0, 0.1) is 29.5 Å². The highest BCUT2D eigenvalue weighted by molar-refractivity contribution is 5.44. The Balaban J connectivity index is 2.08. The molecule has 0 saturated carbocycles. The second kappa shape index (κ2) is 6.15. The molecule has 0 nitrogen and oxygen atoms in total. The molecule has 104 valence electrons. The first kappa shape index (κ1) is 14.7. The Morgan fingerprint density at radius 1 is 0.667 bits per heavy atom. The lowest BCUT2D eigenvalue weighted by atomic mass is 10.1. The molecule has 0 heterocycles. The molecule has 0 amide bonds. The van der Waals surface area contributed by atoms with Crippen molar-refractivity contribution in [2.75, 3.05) is 0 Å². The molecule has 2 rings (SSSR count). The van der Waals surface area contributed by atoms with E-state index in [0.717, 1.165) is 12.1 Å². The van der Waals surface area contributed by atoms with Gasteiger partial charge in [0.1, 0.15) is 5.82 Å². The number of rotatable bonds is 0. The molecular formula is C17H8F4. The molecular weight excluding hydrogens is 280 g/mol. The van der Waals surface area contributed by atoms with Crippen LogP contribution >= 0.6 is 0 Å². The number of halogens is 4. The molecule has 21 heavy (non-hydrogen) atoms. The smallest absolute Gasteiger partial charge is 0.207 e. The maximum Gasteiger partial charge on any atom is 0.416 e. The summed E-state index contributed by atoms with van der Waals surface area (Å²) < 4.78 is 49.7. The number of benzene rings is 2. The zero-order valence-corrected chi connectivity index (χ0v) is 10.6. The highest BCUT2D eigenvalue weighted by Crippen LogP contribution is 2.28. The summed E-state index contributed by atoms with van der Waals surface area (Å²) in [5, 5.41) is 0. The topological polar surface area (TPSA) is 0 Å². The summed E-state index contributed by atoms with van der Waals surface area (Å²) in [5.74, 6) is 10.1. The molecule has 0 atom stereocenters. The van der Waals surface area contributed by atoms with Crippen LogP contribution in [0.5, 0.6) is 0 Å². The van der Waals surface area contributed by atoms with Crippen molar-refractivity contribution in [2.45, 2.75) is 6.18 Å². The summed E-state index contributed by atoms with van der Waals surface area (Å²) >= 11 is 0. The van der Waals surface area contributed by atoms with Gasteiger partial charge in [0.15, 0.2) is 0 Å². The van der Waals surface area contributed by atoms with E-state index in [1.165, 1.54) is 36.4 Å². The predicted octanol–water partition coefficient (Wildman–Crippen LogP) is 4.25. The van der Waals surface area contributed by atoms with Crippen molar-refractivity contribution in [3.05, 3.63) is 71.0 Å². The SMILES string of the molecule is Fc1ccc(C#CC#Cc2ccc(C(F)(F)F)cc2)cc1. The van der Waals surface area contributed by atoms with Crippen molar-refractivity contribution in [1.29, 1.82) is 0 Å². The fourth-order valence-corrected chi connectivity index (χ4v) is 1.48. The van der Waals surface area contributed by atoms with Crippen LogP contribution in [0.4, 0.5) is 17.6 Å². The molecule has 0 N–H and O–H groups in total. The summed E-state index contributed by atoms with van der Waals surface area (Å²) in [5.41, 5.74) is 0.333. The maximum absolute atomic E-state index is 12.7. The average Bonchev–Trinajstić information content (AvgIpc) is 2.45. The van der Waals surface area contributed by atoms with Crippen LogP contribution < -0.4 is 0 Å². The minimum Gasteiger partial charge on any atom is -0.207 e. The lowest BCUT2D eigenvalue weighted by Gasteiger charge is -2.05. The third kappa shape index (κ3) is 4.40. The van der Waals surface area contributed by atoms with Crippen molar-refractivity contribution in [2.24, 2.45) is 0 Å². The molecule has 0 aliphatic heterocycles. The van der Waals surface area contributed by atoms with E-state index in [2.05, 4.69) is 23.7 Å². The molecule has 2 aromatic rings. The van der Waals surface area contributed by atoms with Gasteiger partial charge in [-0.15, -0.1) is 0 Å². The zero-order valence-electron chi connectivity index (χ0n) is 10.6. The van der Waals surface area contributed by atoms with Crippen LogP contribution in [0.2, 0.25) is 0 Å². The standard InChI is InChI=1S/C17H8F4/c18-16-11-7-14(8-12-16)4-2-1-3-13-5-9-15(10-6-13)17(19,20)21/h5-12H. The molecule has 2 aromatic carbocycles. The fourth-order valence-electron chi connectivity index (χ4n) is 1.48. The van der Waals surface area contributed by atoms with Crippen LogP contribution in [0.15, 0.2) is 48.5 Å². The van der Waals surface area contributed by atoms with E-state index in [1.54, 1.807) is 0 Å². The minimum absolute atomic E-state index is 0.351. The largest absolute Gasteiger partial charge is 0.416 e. The van der Waals surface area contributed by atoms with E-state index in [0.29, 0.717) is 11.1 Å². The third-order valence-corrected chi connectivity index (χ3v) is 2.53. The van der Waals surface area contributed by atoms with Crippen molar-refractivity contribution < 1.29 is 17.6 Å². The summed E-state index contributed by atoms with van der Waals surface area (Å²) in [6, 6.07) is 10.1. The Bertz CT molecular complexity index is 730. The van der Waals surface area contributed by atoms with Crippen molar-refractivity contribution in [3.63, 3.8) is 0 Å². The first-order valence-electron chi connectivity index (χ1n) is 5.90. The van der Waals surface area contributed by atoms with Crippen LogP contribution in [0.3, 0.4) is 0 Å². The lowest BCUT2D eigenvalue weighted by Crippen LogP contribution is -2.03. The quantitative estimate of drug-likeness (QED) is 0.502. The van der Waals surface area contributed by atoms with Gasteiger partial charge in [-0.05, 0) is 60.4 Å². The van der Waals surface area contributed by atoms with E-state index >= 15 is 0 Å². The molecule has 0 spiro atoms. The van der Waals surface area contributed by atoms with Crippen LogP contribution in [0.25, 0.3) is 0 Å². The van der Waals surface area contributed by atoms with Crippen molar-refractivity contribution in [1.82, 2.24) is 0 Å². The van der Waals surface area contributed by atoms with Gasteiger partial charge in [-0.1, -0.05) is 11.8 Å². The average molecular weight is 288 g/mol. The van der Waals surface area contributed by atoms with Crippen molar-refractivity contribution in [3.8, 4) is 23.7 Å². The van der Waals surface area contributed by atoms with E-state index in [4.69, 9.17) is 0 Å². The molecule has 0 aliphatic rings. The summed E-state index contributed by atoms with van der Waals surface area (Å²) in [6.07, 6.45) is -4.35. The summed E-state index contributed by atoms with van der Waals surface area (Å²) in [7, 11) is 0. The van der Waals surface area contributed by atoms with Crippen LogP contribution in [-0.2, 0) is 6.18 Å². The van der Waals surface area contributed by atoms with E-state index < -0.39 is 11.7 Å². The Labute approximate surface area is 119 Å². The van der Waals surface area contributed by atoms with Gasteiger partial charge in [0.2, 0.25) is 0 Å². The van der Waals surface area contributed by atoms with Crippen LogP contribution in [-0.4, -0.2) is 0 Å². The molecule has 0 radical (unpaired) electrons. The highest BCUT2D eigenvalue weighted by Gasteiger charge is 2.29. The Kier molecular flexibility index (Phi) is 4.30. The molecule has 0 bridgehead atoms. The molecule has 0 fully saturated rings. The van der Waals surface area contributed by atoms with Crippen LogP contribution in [0.1, 0.15) is 16.7 Å². The van der Waals surface area contributed by atoms with Gasteiger partial charge in [0.25, 0.3) is 0 Å². The number of alkyl halides is 3. The van der Waals surface area contributed by atoms with Gasteiger partial charge in [-0.2, -0.15) is 13.2 Å². The van der Waals surface area contributed by atoms with Gasteiger partial charge >= 0.3 is 6.18 Å². The molecule has 0 aromatic heterocycles. The van der Waals surface area contributed by atoms with E-state index in [1.807, 2.05) is 0 Å². The van der Waals surface area contributed by atoms with Gasteiger partial charge in [0, 0.05) is 11.1 Å². The normalized spacial score (nSPS) is 10.1. The first-order chi connectivity index (χ1) is 9.95. The highest BCUT2D eigenvalue weighted by atomic mass is 19.4. The first-order valence-corrected chi connectivity index (χ1v) is 5.90. The van der Waals surface area contributed by atoms with E-state index in [9.17, 15) is 17.6 Å². The van der Waals surface area contributed by atoms with Gasteiger partial charge in [0.05, 0.1) is 5.56 Å². The molecule has 4 heteroatoms. The lowest BCUT2D eigenvalue weighted by molar-refractivity contribution is -0.137. The van der Waals surface area contributed by atoms with E-state index in [-0.39, 0.29) is 5.82 Å². The Hall–Kier alpha value is -2.72. The molecule has 0 unspecified atom stereocenters. The monoisotopic (exact) mass is 288 g/mol. The molecule has 0 saturated heterocycles. The maximum atomic E-state index is 12.7. The van der Waals surface area contributed by atoms with Crippen molar-refractivity contribution >= 4 is 0 Å². The second-order valence-electron chi connectivity index (χ2n) is 4.08. The summed E-state index contributed by atoms with van der Waals surface area (Å²) in [6.45, 7) is 0. The third-order valence-electron chi connectivity index (χ3n) is 2.53. The fraction of sp³-hybridized carbons (Fsp3) is 0.0588. The molecule has 0 aliphatic carbocycles. The van der Waals surface area contributed by atoms with Gasteiger partial charge in [-0.25, -0.2) is 4.39 Å². The number of hydrogen-bond acceptors (Lipinski definition) is 0. The van der Waals surface area contributed by atoms with Gasteiger partial charge < -0.3 is 0 Å². The predicted molar refractivity (Wildman–Crippen MR) is 71.6 cm³/mol. The second-order valence-corrected chi connectivity index (χ2v) is 4.08.